The highest BCUT2D eigenvalue weighted by molar-refractivity contribution is 9.10. The van der Waals surface area contributed by atoms with Crippen LogP contribution >= 0.6 is 27.5 Å². The number of carbonyl (C=O) groups is 2. The van der Waals surface area contributed by atoms with Gasteiger partial charge in [0, 0.05) is 15.2 Å². The second-order valence-corrected chi connectivity index (χ2v) is 5.91. The first-order valence-corrected chi connectivity index (χ1v) is 7.66. The Morgan fingerprint density at radius 2 is 1.86 bits per heavy atom. The van der Waals surface area contributed by atoms with Crippen LogP contribution in [0.25, 0.3) is 0 Å². The Morgan fingerprint density at radius 1 is 1.18 bits per heavy atom. The van der Waals surface area contributed by atoms with E-state index in [9.17, 15) is 9.59 Å². The third kappa shape index (κ3) is 4.58. The Labute approximate surface area is 141 Å². The lowest BCUT2D eigenvalue weighted by Gasteiger charge is -2.13. The molecule has 1 N–H and O–H groups in total. The van der Waals surface area contributed by atoms with Crippen molar-refractivity contribution in [3.63, 3.8) is 0 Å². The summed E-state index contributed by atoms with van der Waals surface area (Å²) < 4.78 is 6.00. The topological polar surface area (TPSA) is 55.4 Å². The highest BCUT2D eigenvalue weighted by Gasteiger charge is 2.19. The Balaban J connectivity index is 1.96. The molecule has 0 saturated heterocycles. The summed E-state index contributed by atoms with van der Waals surface area (Å²) in [6, 6.07) is 13.4. The minimum Gasteiger partial charge on any atom is -0.449 e. The molecule has 0 fully saturated rings. The van der Waals surface area contributed by atoms with Gasteiger partial charge in [-0.3, -0.25) is 4.79 Å². The number of ether oxygens (including phenoxy) is 1. The van der Waals surface area contributed by atoms with Gasteiger partial charge >= 0.3 is 5.97 Å². The minimum absolute atomic E-state index is 0.380. The maximum Gasteiger partial charge on any atom is 0.338 e. The van der Waals surface area contributed by atoms with Crippen molar-refractivity contribution in [1.82, 2.24) is 0 Å². The summed E-state index contributed by atoms with van der Waals surface area (Å²) in [5.41, 5.74) is 0.926. The standard InChI is InChI=1S/C16H13BrClNO3/c1-10(15(20)19-14-4-2-3-13(18)9-14)22-16(21)11-5-7-12(17)8-6-11/h2-10H,1H3,(H,19,20)/t10-/m0/s1. The van der Waals surface area contributed by atoms with E-state index in [2.05, 4.69) is 21.2 Å². The van der Waals surface area contributed by atoms with Gasteiger partial charge in [-0.05, 0) is 49.4 Å². The van der Waals surface area contributed by atoms with Crippen molar-refractivity contribution in [3.8, 4) is 0 Å². The van der Waals surface area contributed by atoms with Gasteiger partial charge in [-0.1, -0.05) is 33.6 Å². The van der Waals surface area contributed by atoms with Gasteiger partial charge < -0.3 is 10.1 Å². The van der Waals surface area contributed by atoms with Crippen molar-refractivity contribution >= 4 is 45.1 Å². The van der Waals surface area contributed by atoms with Crippen LogP contribution in [0, 0.1) is 0 Å². The molecule has 1 atom stereocenters. The third-order valence-electron chi connectivity index (χ3n) is 2.83. The van der Waals surface area contributed by atoms with Gasteiger partial charge in [0.25, 0.3) is 5.91 Å². The molecular formula is C16H13BrClNO3. The van der Waals surface area contributed by atoms with E-state index in [0.29, 0.717) is 16.3 Å². The Hall–Kier alpha value is -1.85. The van der Waals surface area contributed by atoms with Gasteiger partial charge in [-0.2, -0.15) is 0 Å². The molecule has 0 radical (unpaired) electrons. The number of amides is 1. The van der Waals surface area contributed by atoms with Crippen molar-refractivity contribution in [3.05, 3.63) is 63.6 Å². The molecule has 2 aromatic rings. The largest absolute Gasteiger partial charge is 0.449 e. The van der Waals surface area contributed by atoms with Crippen molar-refractivity contribution < 1.29 is 14.3 Å². The summed E-state index contributed by atoms with van der Waals surface area (Å²) in [7, 11) is 0. The molecule has 6 heteroatoms. The molecule has 22 heavy (non-hydrogen) atoms. The Bertz CT molecular complexity index is 688. The van der Waals surface area contributed by atoms with Crippen molar-refractivity contribution in [2.24, 2.45) is 0 Å². The molecular weight excluding hydrogens is 370 g/mol. The molecule has 0 aliphatic rings. The fraction of sp³-hybridized carbons (Fsp3) is 0.125. The van der Waals surface area contributed by atoms with Crippen LogP contribution in [-0.4, -0.2) is 18.0 Å². The first-order valence-electron chi connectivity index (χ1n) is 6.48. The SMILES string of the molecule is C[C@H](OC(=O)c1ccc(Br)cc1)C(=O)Nc1cccc(Cl)c1. The molecule has 0 heterocycles. The normalized spacial score (nSPS) is 11.6. The lowest BCUT2D eigenvalue weighted by Crippen LogP contribution is -2.30. The summed E-state index contributed by atoms with van der Waals surface area (Å²) in [6.45, 7) is 1.51. The van der Waals surface area contributed by atoms with Gasteiger partial charge in [0.1, 0.15) is 0 Å². The molecule has 0 unspecified atom stereocenters. The smallest absolute Gasteiger partial charge is 0.338 e. The maximum atomic E-state index is 12.0. The van der Waals surface area contributed by atoms with Crippen LogP contribution in [0.3, 0.4) is 0 Å². The quantitative estimate of drug-likeness (QED) is 0.803. The number of halogens is 2. The van der Waals surface area contributed by atoms with Crippen LogP contribution in [0.15, 0.2) is 53.0 Å². The molecule has 1 amide bonds. The predicted octanol–water partition coefficient (Wildman–Crippen LogP) is 4.29. The number of hydrogen-bond donors (Lipinski definition) is 1. The molecule has 0 aromatic heterocycles. The number of carbonyl (C=O) groups excluding carboxylic acids is 2. The Kier molecular flexibility index (Phi) is 5.57. The third-order valence-corrected chi connectivity index (χ3v) is 3.59. The van der Waals surface area contributed by atoms with Crippen LogP contribution in [0.4, 0.5) is 5.69 Å². The summed E-state index contributed by atoms with van der Waals surface area (Å²) in [6.07, 6.45) is -0.921. The molecule has 0 saturated carbocycles. The van der Waals surface area contributed by atoms with E-state index in [0.717, 1.165) is 4.47 Å². The summed E-state index contributed by atoms with van der Waals surface area (Å²) in [5.74, 6) is -0.978. The molecule has 114 valence electrons. The number of anilines is 1. The van der Waals surface area contributed by atoms with Crippen LogP contribution in [0.1, 0.15) is 17.3 Å². The Morgan fingerprint density at radius 3 is 2.50 bits per heavy atom. The summed E-state index contributed by atoms with van der Waals surface area (Å²) in [4.78, 5) is 23.9. The number of esters is 1. The van der Waals surface area contributed by atoms with E-state index in [4.69, 9.17) is 16.3 Å². The molecule has 0 aliphatic carbocycles. The van der Waals surface area contributed by atoms with E-state index in [1.54, 1.807) is 48.5 Å². The van der Waals surface area contributed by atoms with E-state index in [1.165, 1.54) is 6.92 Å². The maximum absolute atomic E-state index is 12.0. The van der Waals surface area contributed by atoms with Crippen LogP contribution < -0.4 is 5.32 Å². The summed E-state index contributed by atoms with van der Waals surface area (Å²) >= 11 is 9.13. The lowest BCUT2D eigenvalue weighted by atomic mass is 10.2. The van der Waals surface area contributed by atoms with Gasteiger partial charge in [0.05, 0.1) is 5.56 Å². The van der Waals surface area contributed by atoms with Gasteiger partial charge in [0.15, 0.2) is 6.10 Å². The first kappa shape index (κ1) is 16.5. The molecule has 0 bridgehead atoms. The van der Waals surface area contributed by atoms with E-state index in [1.807, 2.05) is 0 Å². The lowest BCUT2D eigenvalue weighted by molar-refractivity contribution is -0.123. The second-order valence-electron chi connectivity index (χ2n) is 4.55. The van der Waals surface area contributed by atoms with Crippen molar-refractivity contribution in [2.75, 3.05) is 5.32 Å². The zero-order valence-corrected chi connectivity index (χ0v) is 14.0. The molecule has 4 nitrogen and oxygen atoms in total. The fourth-order valence-corrected chi connectivity index (χ4v) is 2.13. The zero-order chi connectivity index (χ0) is 16.1. The van der Waals surface area contributed by atoms with E-state index < -0.39 is 18.0 Å². The first-order chi connectivity index (χ1) is 10.5. The molecule has 0 spiro atoms. The average molecular weight is 383 g/mol. The van der Waals surface area contributed by atoms with Gasteiger partial charge in [-0.25, -0.2) is 4.79 Å². The number of hydrogen-bond acceptors (Lipinski definition) is 3. The minimum atomic E-state index is -0.921. The molecule has 0 aliphatic heterocycles. The van der Waals surface area contributed by atoms with Gasteiger partial charge in [-0.15, -0.1) is 0 Å². The molecule has 2 rings (SSSR count). The highest BCUT2D eigenvalue weighted by Crippen LogP contribution is 2.16. The monoisotopic (exact) mass is 381 g/mol. The van der Waals surface area contributed by atoms with Crippen LogP contribution in [0.5, 0.6) is 0 Å². The van der Waals surface area contributed by atoms with Crippen LogP contribution in [-0.2, 0) is 9.53 Å². The second kappa shape index (κ2) is 7.42. The van der Waals surface area contributed by atoms with E-state index >= 15 is 0 Å². The fourth-order valence-electron chi connectivity index (χ4n) is 1.68. The van der Waals surface area contributed by atoms with Crippen molar-refractivity contribution in [2.45, 2.75) is 13.0 Å². The van der Waals surface area contributed by atoms with Crippen LogP contribution in [0.2, 0.25) is 5.02 Å². The number of nitrogens with one attached hydrogen (secondary N) is 1. The van der Waals surface area contributed by atoms with Crippen molar-refractivity contribution in [1.29, 1.82) is 0 Å². The molecule has 2 aromatic carbocycles. The number of benzene rings is 2. The predicted molar refractivity (Wildman–Crippen MR) is 89.1 cm³/mol. The highest BCUT2D eigenvalue weighted by atomic mass is 79.9. The van der Waals surface area contributed by atoms with Gasteiger partial charge in [0.2, 0.25) is 0 Å². The average Bonchev–Trinajstić information content (AvgIpc) is 2.47. The zero-order valence-electron chi connectivity index (χ0n) is 11.7. The summed E-state index contributed by atoms with van der Waals surface area (Å²) in [5, 5.41) is 3.15. The van der Waals surface area contributed by atoms with E-state index in [-0.39, 0.29) is 0 Å². The number of rotatable bonds is 4.